The molecule has 1 N–H and O–H groups in total. The highest BCUT2D eigenvalue weighted by molar-refractivity contribution is 5.29. The van der Waals surface area contributed by atoms with E-state index in [1.807, 2.05) is 19.1 Å². The minimum Gasteiger partial charge on any atom is -0.356 e. The summed E-state index contributed by atoms with van der Waals surface area (Å²) in [7, 11) is 0. The monoisotopic (exact) mass is 201 g/mol. The zero-order valence-corrected chi connectivity index (χ0v) is 9.37. The second-order valence-electron chi connectivity index (χ2n) is 3.46. The summed E-state index contributed by atoms with van der Waals surface area (Å²) >= 11 is 0. The van der Waals surface area contributed by atoms with E-state index in [1.165, 1.54) is 18.5 Å². The van der Waals surface area contributed by atoms with E-state index in [0.717, 1.165) is 12.1 Å². The number of allylic oxidation sites excluding steroid dienone is 7. The molecule has 0 atom stereocenters. The lowest BCUT2D eigenvalue weighted by atomic mass is 10.2. The van der Waals surface area contributed by atoms with Crippen LogP contribution in [-0.2, 0) is 0 Å². The van der Waals surface area contributed by atoms with E-state index in [9.17, 15) is 0 Å². The van der Waals surface area contributed by atoms with Gasteiger partial charge in [0.05, 0.1) is 0 Å². The van der Waals surface area contributed by atoms with Crippen molar-refractivity contribution in [2.24, 2.45) is 0 Å². The lowest BCUT2D eigenvalue weighted by molar-refractivity contribution is 0.870. The van der Waals surface area contributed by atoms with Crippen molar-refractivity contribution < 1.29 is 0 Å². The smallest absolute Gasteiger partial charge is 0.0340 e. The fourth-order valence-electron chi connectivity index (χ4n) is 1.41. The van der Waals surface area contributed by atoms with Crippen LogP contribution in [0.1, 0.15) is 26.2 Å². The van der Waals surface area contributed by atoms with E-state index >= 15 is 0 Å². The fraction of sp³-hybridized carbons (Fsp3) is 0.286. The van der Waals surface area contributed by atoms with Crippen molar-refractivity contribution in [1.29, 1.82) is 0 Å². The van der Waals surface area contributed by atoms with Gasteiger partial charge in [-0.05, 0) is 38.3 Å². The van der Waals surface area contributed by atoms with E-state index in [2.05, 4.69) is 36.2 Å². The molecule has 0 saturated carbocycles. The van der Waals surface area contributed by atoms with Crippen molar-refractivity contribution in [3.63, 3.8) is 0 Å². The largest absolute Gasteiger partial charge is 0.356 e. The molecule has 0 bridgehead atoms. The van der Waals surface area contributed by atoms with Gasteiger partial charge in [0, 0.05) is 11.4 Å². The third-order valence-corrected chi connectivity index (χ3v) is 2.25. The first-order chi connectivity index (χ1) is 7.36. The van der Waals surface area contributed by atoms with E-state index < -0.39 is 0 Å². The zero-order chi connectivity index (χ0) is 10.9. The van der Waals surface area contributed by atoms with Gasteiger partial charge in [-0.2, -0.15) is 0 Å². The molecule has 15 heavy (non-hydrogen) atoms. The van der Waals surface area contributed by atoms with E-state index in [1.54, 1.807) is 6.08 Å². The second kappa shape index (κ2) is 6.88. The van der Waals surface area contributed by atoms with Crippen LogP contribution in [0.15, 0.2) is 60.5 Å². The van der Waals surface area contributed by atoms with Crippen LogP contribution in [0, 0.1) is 0 Å². The van der Waals surface area contributed by atoms with Crippen molar-refractivity contribution >= 4 is 0 Å². The van der Waals surface area contributed by atoms with Gasteiger partial charge in [0.1, 0.15) is 0 Å². The standard InChI is InChI=1S/C14H19N/c1-3-5-10-13(4-2)15-14-11-8-6-7-9-12-14/h3-5,8,10-12,15H,1,6-7,9H2,2H3/b10-5-,13-4+. The lowest BCUT2D eigenvalue weighted by Crippen LogP contribution is -2.09. The molecule has 0 aromatic heterocycles. The third-order valence-electron chi connectivity index (χ3n) is 2.25. The average molecular weight is 201 g/mol. The molecule has 0 aliphatic heterocycles. The minimum absolute atomic E-state index is 1.10. The molecule has 0 spiro atoms. The third kappa shape index (κ3) is 4.50. The Morgan fingerprint density at radius 1 is 1.47 bits per heavy atom. The molecule has 0 heterocycles. The van der Waals surface area contributed by atoms with Crippen LogP contribution in [0.25, 0.3) is 0 Å². The fourth-order valence-corrected chi connectivity index (χ4v) is 1.41. The molecule has 0 fully saturated rings. The molecule has 1 heteroatoms. The Morgan fingerprint density at radius 3 is 3.07 bits per heavy atom. The Labute approximate surface area is 92.6 Å². The van der Waals surface area contributed by atoms with Gasteiger partial charge in [-0.1, -0.05) is 37.0 Å². The summed E-state index contributed by atoms with van der Waals surface area (Å²) < 4.78 is 0. The summed E-state index contributed by atoms with van der Waals surface area (Å²) in [6.07, 6.45) is 18.0. The Hall–Kier alpha value is -1.50. The molecule has 0 amide bonds. The van der Waals surface area contributed by atoms with Gasteiger partial charge in [-0.3, -0.25) is 0 Å². The van der Waals surface area contributed by atoms with Crippen molar-refractivity contribution in [2.75, 3.05) is 0 Å². The Kier molecular flexibility index (Phi) is 5.31. The number of hydrogen-bond acceptors (Lipinski definition) is 1. The van der Waals surface area contributed by atoms with Crippen molar-refractivity contribution in [3.8, 4) is 0 Å². The number of rotatable bonds is 4. The van der Waals surface area contributed by atoms with Crippen LogP contribution >= 0.6 is 0 Å². The first-order valence-corrected chi connectivity index (χ1v) is 5.46. The van der Waals surface area contributed by atoms with Gasteiger partial charge in [-0.25, -0.2) is 0 Å². The summed E-state index contributed by atoms with van der Waals surface area (Å²) in [6, 6.07) is 0. The summed E-state index contributed by atoms with van der Waals surface area (Å²) in [4.78, 5) is 0. The van der Waals surface area contributed by atoms with Gasteiger partial charge < -0.3 is 5.32 Å². The Morgan fingerprint density at radius 2 is 2.33 bits per heavy atom. The first kappa shape index (κ1) is 11.6. The summed E-state index contributed by atoms with van der Waals surface area (Å²) in [5.41, 5.74) is 2.29. The van der Waals surface area contributed by atoms with Crippen LogP contribution < -0.4 is 5.32 Å². The molecular formula is C14H19N. The van der Waals surface area contributed by atoms with Crippen LogP contribution in [0.2, 0.25) is 0 Å². The molecule has 1 rings (SSSR count). The highest BCUT2D eigenvalue weighted by atomic mass is 14.9. The van der Waals surface area contributed by atoms with Crippen molar-refractivity contribution in [1.82, 2.24) is 5.32 Å². The number of nitrogens with one attached hydrogen (secondary N) is 1. The molecule has 0 unspecified atom stereocenters. The van der Waals surface area contributed by atoms with Gasteiger partial charge in [0.15, 0.2) is 0 Å². The van der Waals surface area contributed by atoms with Gasteiger partial charge in [0.25, 0.3) is 0 Å². The molecule has 1 nitrogen and oxygen atoms in total. The van der Waals surface area contributed by atoms with E-state index in [4.69, 9.17) is 0 Å². The van der Waals surface area contributed by atoms with Crippen molar-refractivity contribution in [3.05, 3.63) is 60.5 Å². The Bertz CT molecular complexity index is 316. The second-order valence-corrected chi connectivity index (χ2v) is 3.46. The van der Waals surface area contributed by atoms with Crippen molar-refractivity contribution in [2.45, 2.75) is 26.2 Å². The quantitative estimate of drug-likeness (QED) is 0.681. The van der Waals surface area contributed by atoms with Crippen LogP contribution in [0.3, 0.4) is 0 Å². The average Bonchev–Trinajstić information content (AvgIpc) is 2.52. The summed E-state index contributed by atoms with van der Waals surface area (Å²) in [5.74, 6) is 0. The zero-order valence-electron chi connectivity index (χ0n) is 9.37. The highest BCUT2D eigenvalue weighted by Gasteiger charge is 1.96. The molecule has 80 valence electrons. The molecule has 0 saturated heterocycles. The molecule has 0 aromatic carbocycles. The lowest BCUT2D eigenvalue weighted by Gasteiger charge is -2.07. The molecular weight excluding hydrogens is 182 g/mol. The number of hydrogen-bond donors (Lipinski definition) is 1. The summed E-state index contributed by atoms with van der Waals surface area (Å²) in [6.45, 7) is 5.68. The SMILES string of the molecule is C=C/C=C\C(=C/C)NC1=CCCCC=C1. The maximum Gasteiger partial charge on any atom is 0.0340 e. The highest BCUT2D eigenvalue weighted by Crippen LogP contribution is 2.09. The molecule has 0 aromatic rings. The maximum absolute atomic E-state index is 3.66. The van der Waals surface area contributed by atoms with Gasteiger partial charge in [-0.15, -0.1) is 0 Å². The van der Waals surface area contributed by atoms with Gasteiger partial charge >= 0.3 is 0 Å². The molecule has 1 aliphatic rings. The maximum atomic E-state index is 3.66. The van der Waals surface area contributed by atoms with Crippen LogP contribution in [-0.4, -0.2) is 0 Å². The van der Waals surface area contributed by atoms with Gasteiger partial charge in [0.2, 0.25) is 0 Å². The predicted molar refractivity (Wildman–Crippen MR) is 67.3 cm³/mol. The van der Waals surface area contributed by atoms with E-state index in [-0.39, 0.29) is 0 Å². The molecule has 0 radical (unpaired) electrons. The Balaban J connectivity index is 2.61. The normalized spacial score (nSPS) is 17.4. The van der Waals surface area contributed by atoms with Crippen LogP contribution in [0.5, 0.6) is 0 Å². The predicted octanol–water partition coefficient (Wildman–Crippen LogP) is 3.85. The first-order valence-electron chi connectivity index (χ1n) is 5.46. The topological polar surface area (TPSA) is 12.0 Å². The summed E-state index contributed by atoms with van der Waals surface area (Å²) in [5, 5.41) is 3.38. The molecule has 1 aliphatic carbocycles. The van der Waals surface area contributed by atoms with Crippen LogP contribution in [0.4, 0.5) is 0 Å². The minimum atomic E-state index is 1.10. The van der Waals surface area contributed by atoms with E-state index in [0.29, 0.717) is 0 Å².